The maximum absolute atomic E-state index is 9.37. The summed E-state index contributed by atoms with van der Waals surface area (Å²) in [4.78, 5) is 0. The van der Waals surface area contributed by atoms with Gasteiger partial charge in [-0.1, -0.05) is 85.1 Å². The highest BCUT2D eigenvalue weighted by Crippen LogP contribution is 2.35. The van der Waals surface area contributed by atoms with Crippen molar-refractivity contribution in [1.82, 2.24) is 0 Å². The Morgan fingerprint density at radius 3 is 2.17 bits per heavy atom. The molecule has 1 N–H and O–H groups in total. The molecular formula is C22H25NO. The van der Waals surface area contributed by atoms with Crippen molar-refractivity contribution in [2.75, 3.05) is 0 Å². The molecule has 1 aliphatic rings. The van der Waals surface area contributed by atoms with Gasteiger partial charge in [-0.15, -0.1) is 0 Å². The fourth-order valence-corrected chi connectivity index (χ4v) is 3.49. The van der Waals surface area contributed by atoms with Crippen LogP contribution in [0.2, 0.25) is 0 Å². The molecular weight excluding hydrogens is 294 g/mol. The van der Waals surface area contributed by atoms with Crippen LogP contribution in [0.1, 0.15) is 51.0 Å². The van der Waals surface area contributed by atoms with E-state index in [1.54, 1.807) is 0 Å². The minimum Gasteiger partial charge on any atom is -0.411 e. The van der Waals surface area contributed by atoms with E-state index in [2.05, 4.69) is 60.6 Å². The molecule has 0 fully saturated rings. The number of rotatable bonds is 6. The Hall–Kier alpha value is -2.35. The van der Waals surface area contributed by atoms with Crippen molar-refractivity contribution in [3.63, 3.8) is 0 Å². The molecule has 0 spiro atoms. The third-order valence-electron chi connectivity index (χ3n) is 4.79. The molecule has 0 saturated heterocycles. The second-order valence-corrected chi connectivity index (χ2v) is 6.43. The van der Waals surface area contributed by atoms with Crippen LogP contribution in [0.4, 0.5) is 0 Å². The van der Waals surface area contributed by atoms with E-state index in [1.807, 2.05) is 6.07 Å². The molecule has 0 amide bonds. The molecule has 2 aromatic rings. The third-order valence-corrected chi connectivity index (χ3v) is 4.79. The summed E-state index contributed by atoms with van der Waals surface area (Å²) in [6, 6.07) is 19.1. The molecule has 1 aliphatic carbocycles. The highest BCUT2D eigenvalue weighted by atomic mass is 16.4. The molecule has 2 nitrogen and oxygen atoms in total. The fourth-order valence-electron chi connectivity index (χ4n) is 3.49. The van der Waals surface area contributed by atoms with Crippen molar-refractivity contribution in [3.05, 3.63) is 65.7 Å². The Morgan fingerprint density at radius 2 is 1.50 bits per heavy atom. The van der Waals surface area contributed by atoms with Gasteiger partial charge >= 0.3 is 0 Å². The lowest BCUT2D eigenvalue weighted by molar-refractivity contribution is 0.319. The maximum Gasteiger partial charge on any atom is 0.0876 e. The Kier molecular flexibility index (Phi) is 5.47. The summed E-state index contributed by atoms with van der Waals surface area (Å²) < 4.78 is 0. The topological polar surface area (TPSA) is 32.6 Å². The molecule has 0 aromatic heterocycles. The van der Waals surface area contributed by atoms with Gasteiger partial charge in [0.25, 0.3) is 0 Å². The number of unbranched alkanes of at least 4 members (excludes halogenated alkanes) is 2. The van der Waals surface area contributed by atoms with Crippen LogP contribution in [0.25, 0.3) is 16.7 Å². The molecule has 0 aliphatic heterocycles. The minimum atomic E-state index is 0.842. The molecule has 0 heterocycles. The molecule has 0 radical (unpaired) electrons. The van der Waals surface area contributed by atoms with Gasteiger partial charge in [-0.05, 0) is 42.4 Å². The summed E-state index contributed by atoms with van der Waals surface area (Å²) in [5.41, 5.74) is 7.08. The summed E-state index contributed by atoms with van der Waals surface area (Å²) >= 11 is 0. The fraction of sp³-hybridized carbons (Fsp3) is 0.318. The second kappa shape index (κ2) is 7.96. The number of benzene rings is 2. The highest BCUT2D eigenvalue weighted by Gasteiger charge is 2.22. The van der Waals surface area contributed by atoms with Crippen molar-refractivity contribution in [2.45, 2.75) is 45.4 Å². The van der Waals surface area contributed by atoms with E-state index in [-0.39, 0.29) is 0 Å². The van der Waals surface area contributed by atoms with Crippen molar-refractivity contribution >= 4 is 11.3 Å². The molecule has 24 heavy (non-hydrogen) atoms. The third kappa shape index (κ3) is 3.59. The summed E-state index contributed by atoms with van der Waals surface area (Å²) in [5.74, 6) is 0. The van der Waals surface area contributed by atoms with Crippen molar-refractivity contribution in [1.29, 1.82) is 0 Å². The first-order chi connectivity index (χ1) is 11.8. The molecule has 3 rings (SSSR count). The largest absolute Gasteiger partial charge is 0.411 e. The van der Waals surface area contributed by atoms with Crippen LogP contribution < -0.4 is 0 Å². The van der Waals surface area contributed by atoms with Gasteiger partial charge in [-0.3, -0.25) is 0 Å². The molecule has 0 atom stereocenters. The molecule has 124 valence electrons. The molecule has 0 bridgehead atoms. The molecule has 2 heteroatoms. The van der Waals surface area contributed by atoms with Gasteiger partial charge in [0.2, 0.25) is 0 Å². The predicted molar refractivity (Wildman–Crippen MR) is 101 cm³/mol. The van der Waals surface area contributed by atoms with Crippen LogP contribution in [0.15, 0.2) is 65.3 Å². The van der Waals surface area contributed by atoms with Crippen LogP contribution in [0.5, 0.6) is 0 Å². The van der Waals surface area contributed by atoms with Gasteiger partial charge in [-0.2, -0.15) is 0 Å². The predicted octanol–water partition coefficient (Wildman–Crippen LogP) is 6.31. The number of oxime groups is 1. The molecule has 0 unspecified atom stereocenters. The highest BCUT2D eigenvalue weighted by molar-refractivity contribution is 6.26. The van der Waals surface area contributed by atoms with E-state index < -0.39 is 0 Å². The Morgan fingerprint density at radius 1 is 0.833 bits per heavy atom. The van der Waals surface area contributed by atoms with E-state index in [9.17, 15) is 5.21 Å². The van der Waals surface area contributed by atoms with Crippen molar-refractivity contribution in [3.8, 4) is 11.1 Å². The number of nitrogens with zero attached hydrogens (tertiary/aromatic N) is 1. The zero-order valence-electron chi connectivity index (χ0n) is 14.3. The Bertz CT molecular complexity index is 726. The van der Waals surface area contributed by atoms with Crippen molar-refractivity contribution < 1.29 is 5.21 Å². The summed E-state index contributed by atoms with van der Waals surface area (Å²) in [7, 11) is 0. The van der Waals surface area contributed by atoms with Crippen LogP contribution in [-0.2, 0) is 0 Å². The van der Waals surface area contributed by atoms with Gasteiger partial charge < -0.3 is 5.21 Å². The maximum atomic E-state index is 9.37. The number of hydrogen-bond donors (Lipinski definition) is 1. The zero-order chi connectivity index (χ0) is 16.8. The van der Waals surface area contributed by atoms with E-state index in [1.165, 1.54) is 47.1 Å². The lowest BCUT2D eigenvalue weighted by Gasteiger charge is -2.09. The molecule has 0 saturated carbocycles. The van der Waals surface area contributed by atoms with Gasteiger partial charge in [0.1, 0.15) is 0 Å². The monoisotopic (exact) mass is 319 g/mol. The second-order valence-electron chi connectivity index (χ2n) is 6.43. The van der Waals surface area contributed by atoms with Gasteiger partial charge in [0.15, 0.2) is 0 Å². The average molecular weight is 319 g/mol. The van der Waals surface area contributed by atoms with E-state index in [0.29, 0.717) is 0 Å². The number of hydrogen-bond acceptors (Lipinski definition) is 2. The average Bonchev–Trinajstić information content (AvgIpc) is 3.06. The summed E-state index contributed by atoms with van der Waals surface area (Å²) in [6.45, 7) is 2.23. The molecule has 2 aromatic carbocycles. The summed E-state index contributed by atoms with van der Waals surface area (Å²) in [5, 5.41) is 12.9. The van der Waals surface area contributed by atoms with Gasteiger partial charge in [-0.25, -0.2) is 0 Å². The number of allylic oxidation sites excluding steroid dienone is 2. The first kappa shape index (κ1) is 16.5. The van der Waals surface area contributed by atoms with E-state index in [0.717, 1.165) is 25.0 Å². The normalized spacial score (nSPS) is 16.1. The quantitative estimate of drug-likeness (QED) is 0.377. The van der Waals surface area contributed by atoms with E-state index in [4.69, 9.17) is 0 Å². The zero-order valence-corrected chi connectivity index (χ0v) is 14.3. The first-order valence-corrected chi connectivity index (χ1v) is 8.92. The minimum absolute atomic E-state index is 0.842. The van der Waals surface area contributed by atoms with Gasteiger partial charge in [0, 0.05) is 5.57 Å². The summed E-state index contributed by atoms with van der Waals surface area (Å²) in [6.07, 6.45) is 6.70. The van der Waals surface area contributed by atoms with E-state index >= 15 is 0 Å². The SMILES string of the molecule is CCCCCC1=C(c2ccc(-c3ccccc3)cc2)/C(=N\O)CC1. The lowest BCUT2D eigenvalue weighted by Crippen LogP contribution is -1.97. The Labute approximate surface area is 144 Å². The van der Waals surface area contributed by atoms with Crippen LogP contribution >= 0.6 is 0 Å². The Balaban J connectivity index is 1.88. The van der Waals surface area contributed by atoms with Crippen molar-refractivity contribution in [2.24, 2.45) is 5.16 Å². The first-order valence-electron chi connectivity index (χ1n) is 8.92. The lowest BCUT2D eigenvalue weighted by atomic mass is 9.95. The van der Waals surface area contributed by atoms with Crippen LogP contribution in [0.3, 0.4) is 0 Å². The van der Waals surface area contributed by atoms with Crippen LogP contribution in [-0.4, -0.2) is 10.9 Å². The smallest absolute Gasteiger partial charge is 0.0876 e. The standard InChI is InChI=1S/C22H25NO/c1-2-3-5-10-19-15-16-21(23-24)22(19)20-13-11-18(12-14-20)17-8-6-4-7-9-17/h4,6-9,11-14,24H,2-3,5,10,15-16H2,1H3/b23-21-. The van der Waals surface area contributed by atoms with Crippen LogP contribution in [0, 0.1) is 0 Å². The van der Waals surface area contributed by atoms with Gasteiger partial charge in [0.05, 0.1) is 5.71 Å².